The van der Waals surface area contributed by atoms with E-state index in [1.165, 1.54) is 18.3 Å². The molecule has 2 heterocycles. The summed E-state index contributed by atoms with van der Waals surface area (Å²) in [5.74, 6) is 0.232. The molecule has 0 aliphatic rings. The molecule has 0 saturated heterocycles. The zero-order valence-corrected chi connectivity index (χ0v) is 12.1. The standard InChI is InChI=1S/C11H14N2O4S2/c1-7-11(8(2)17-13-7)19(15,16)12-6-9(14)10-4-3-5-18-10/h3-5,9,12,14H,6H2,1-2H3. The highest BCUT2D eigenvalue weighted by molar-refractivity contribution is 7.89. The van der Waals surface area contributed by atoms with Gasteiger partial charge < -0.3 is 9.63 Å². The van der Waals surface area contributed by atoms with E-state index in [9.17, 15) is 13.5 Å². The summed E-state index contributed by atoms with van der Waals surface area (Å²) in [6.07, 6.45) is -0.866. The van der Waals surface area contributed by atoms with Crippen LogP contribution in [-0.2, 0) is 10.0 Å². The molecule has 104 valence electrons. The van der Waals surface area contributed by atoms with E-state index in [1.54, 1.807) is 19.1 Å². The number of hydrogen-bond donors (Lipinski definition) is 2. The smallest absolute Gasteiger partial charge is 0.246 e. The summed E-state index contributed by atoms with van der Waals surface area (Å²) in [5, 5.41) is 15.3. The van der Waals surface area contributed by atoms with E-state index >= 15 is 0 Å². The molecule has 0 aromatic carbocycles. The van der Waals surface area contributed by atoms with Gasteiger partial charge in [0.1, 0.15) is 16.7 Å². The van der Waals surface area contributed by atoms with Crippen LogP contribution in [0.3, 0.4) is 0 Å². The maximum absolute atomic E-state index is 12.1. The van der Waals surface area contributed by atoms with Gasteiger partial charge in [-0.3, -0.25) is 0 Å². The van der Waals surface area contributed by atoms with Crippen molar-refractivity contribution in [2.75, 3.05) is 6.54 Å². The predicted molar refractivity (Wildman–Crippen MR) is 70.4 cm³/mol. The predicted octanol–water partition coefficient (Wildman–Crippen LogP) is 1.36. The van der Waals surface area contributed by atoms with Gasteiger partial charge in [0.15, 0.2) is 5.76 Å². The van der Waals surface area contributed by atoms with Gasteiger partial charge in [-0.15, -0.1) is 11.3 Å². The van der Waals surface area contributed by atoms with Gasteiger partial charge >= 0.3 is 0 Å². The van der Waals surface area contributed by atoms with Crippen LogP contribution in [0.15, 0.2) is 26.9 Å². The molecule has 0 spiro atoms. The van der Waals surface area contributed by atoms with Crippen LogP contribution in [0.1, 0.15) is 22.4 Å². The molecule has 0 saturated carbocycles. The van der Waals surface area contributed by atoms with Gasteiger partial charge in [-0.25, -0.2) is 13.1 Å². The molecule has 0 bridgehead atoms. The molecule has 0 aliphatic heterocycles. The zero-order valence-electron chi connectivity index (χ0n) is 10.5. The average Bonchev–Trinajstić information content (AvgIpc) is 2.96. The molecule has 0 radical (unpaired) electrons. The molecule has 2 aromatic rings. The Morgan fingerprint density at radius 1 is 1.53 bits per heavy atom. The van der Waals surface area contributed by atoms with Crippen molar-refractivity contribution in [1.29, 1.82) is 0 Å². The molecule has 0 aliphatic carbocycles. The fraction of sp³-hybridized carbons (Fsp3) is 0.364. The van der Waals surface area contributed by atoms with E-state index in [2.05, 4.69) is 9.88 Å². The van der Waals surface area contributed by atoms with Gasteiger partial charge in [-0.1, -0.05) is 11.2 Å². The van der Waals surface area contributed by atoms with Crippen LogP contribution in [0.4, 0.5) is 0 Å². The Labute approximate surface area is 115 Å². The number of rotatable bonds is 5. The largest absolute Gasteiger partial charge is 0.386 e. The molecule has 2 rings (SSSR count). The highest BCUT2D eigenvalue weighted by atomic mass is 32.2. The van der Waals surface area contributed by atoms with Gasteiger partial charge in [0.25, 0.3) is 0 Å². The number of hydrogen-bond acceptors (Lipinski definition) is 6. The van der Waals surface area contributed by atoms with E-state index in [0.29, 0.717) is 10.6 Å². The Hall–Kier alpha value is -1.22. The topological polar surface area (TPSA) is 92.4 Å². The van der Waals surface area contributed by atoms with Crippen molar-refractivity contribution >= 4 is 21.4 Å². The van der Waals surface area contributed by atoms with Crippen molar-refractivity contribution in [1.82, 2.24) is 9.88 Å². The SMILES string of the molecule is Cc1noc(C)c1S(=O)(=O)NCC(O)c1cccs1. The number of sulfonamides is 1. The van der Waals surface area contributed by atoms with E-state index in [-0.39, 0.29) is 17.2 Å². The van der Waals surface area contributed by atoms with E-state index < -0.39 is 16.1 Å². The first-order valence-electron chi connectivity index (χ1n) is 5.56. The van der Waals surface area contributed by atoms with Gasteiger partial charge in [0, 0.05) is 11.4 Å². The number of aliphatic hydroxyl groups excluding tert-OH is 1. The Bertz CT molecular complexity index is 627. The first kappa shape index (κ1) is 14.2. The minimum atomic E-state index is -3.73. The summed E-state index contributed by atoms with van der Waals surface area (Å²) in [4.78, 5) is 0.743. The average molecular weight is 302 g/mol. The molecule has 1 unspecified atom stereocenters. The Morgan fingerprint density at radius 3 is 2.79 bits per heavy atom. The number of aryl methyl sites for hydroxylation is 2. The summed E-state index contributed by atoms with van der Waals surface area (Å²) in [6.45, 7) is 3.00. The molecule has 2 aromatic heterocycles. The first-order valence-corrected chi connectivity index (χ1v) is 7.92. The normalized spacial score (nSPS) is 13.6. The molecule has 0 amide bonds. The van der Waals surface area contributed by atoms with Gasteiger partial charge in [0.05, 0.1) is 0 Å². The molecular weight excluding hydrogens is 288 g/mol. The second-order valence-electron chi connectivity index (χ2n) is 4.04. The van der Waals surface area contributed by atoms with Gasteiger partial charge in [-0.2, -0.15) is 0 Å². The Balaban J connectivity index is 2.11. The quantitative estimate of drug-likeness (QED) is 0.870. The maximum atomic E-state index is 12.1. The van der Waals surface area contributed by atoms with Crippen molar-refractivity contribution in [2.45, 2.75) is 24.8 Å². The zero-order chi connectivity index (χ0) is 14.0. The van der Waals surface area contributed by atoms with E-state index in [1.807, 2.05) is 5.38 Å². The molecular formula is C11H14N2O4S2. The lowest BCUT2D eigenvalue weighted by Gasteiger charge is -2.10. The van der Waals surface area contributed by atoms with Crippen molar-refractivity contribution in [3.8, 4) is 0 Å². The van der Waals surface area contributed by atoms with Crippen molar-refractivity contribution in [3.05, 3.63) is 33.8 Å². The van der Waals surface area contributed by atoms with Crippen LogP contribution in [0.5, 0.6) is 0 Å². The molecule has 1 atom stereocenters. The van der Waals surface area contributed by atoms with Crippen LogP contribution in [0.25, 0.3) is 0 Å². The second-order valence-corrected chi connectivity index (χ2v) is 6.72. The van der Waals surface area contributed by atoms with Crippen LogP contribution in [0, 0.1) is 13.8 Å². The third kappa shape index (κ3) is 3.03. The maximum Gasteiger partial charge on any atom is 0.246 e. The third-order valence-corrected chi connectivity index (χ3v) is 5.22. The summed E-state index contributed by atoms with van der Waals surface area (Å²) in [6, 6.07) is 3.55. The van der Waals surface area contributed by atoms with Crippen molar-refractivity contribution < 1.29 is 18.0 Å². The molecule has 0 fully saturated rings. The fourth-order valence-electron chi connectivity index (χ4n) is 1.70. The highest BCUT2D eigenvalue weighted by Crippen LogP contribution is 2.21. The number of aliphatic hydroxyl groups is 1. The van der Waals surface area contributed by atoms with Gasteiger partial charge in [0.2, 0.25) is 10.0 Å². The first-order chi connectivity index (χ1) is 8.92. The lowest BCUT2D eigenvalue weighted by atomic mass is 10.3. The van der Waals surface area contributed by atoms with Crippen LogP contribution < -0.4 is 4.72 Å². The Kier molecular flexibility index (Phi) is 4.04. The molecule has 6 nitrogen and oxygen atoms in total. The number of nitrogens with zero attached hydrogens (tertiary/aromatic N) is 1. The minimum absolute atomic E-state index is 0.0332. The van der Waals surface area contributed by atoms with Crippen LogP contribution >= 0.6 is 11.3 Å². The van der Waals surface area contributed by atoms with Crippen LogP contribution in [0.2, 0.25) is 0 Å². The summed E-state index contributed by atoms with van der Waals surface area (Å²) >= 11 is 1.37. The Morgan fingerprint density at radius 2 is 2.26 bits per heavy atom. The van der Waals surface area contributed by atoms with E-state index in [4.69, 9.17) is 4.52 Å². The number of aromatic nitrogens is 1. The number of thiophene rings is 1. The number of nitrogens with one attached hydrogen (secondary N) is 1. The summed E-state index contributed by atoms with van der Waals surface area (Å²) in [5.41, 5.74) is 0.301. The van der Waals surface area contributed by atoms with E-state index in [0.717, 1.165) is 0 Å². The molecule has 19 heavy (non-hydrogen) atoms. The highest BCUT2D eigenvalue weighted by Gasteiger charge is 2.24. The molecule has 2 N–H and O–H groups in total. The fourth-order valence-corrected chi connectivity index (χ4v) is 3.78. The van der Waals surface area contributed by atoms with Gasteiger partial charge in [-0.05, 0) is 25.3 Å². The van der Waals surface area contributed by atoms with Crippen molar-refractivity contribution in [3.63, 3.8) is 0 Å². The van der Waals surface area contributed by atoms with Crippen molar-refractivity contribution in [2.24, 2.45) is 0 Å². The summed E-state index contributed by atoms with van der Waals surface area (Å²) < 4.78 is 31.4. The summed E-state index contributed by atoms with van der Waals surface area (Å²) in [7, 11) is -3.73. The third-order valence-electron chi connectivity index (χ3n) is 2.57. The lowest BCUT2D eigenvalue weighted by molar-refractivity contribution is 0.185. The second kappa shape index (κ2) is 5.41. The molecule has 8 heteroatoms. The lowest BCUT2D eigenvalue weighted by Crippen LogP contribution is -2.29. The van der Waals surface area contributed by atoms with Crippen LogP contribution in [-0.4, -0.2) is 25.2 Å². The monoisotopic (exact) mass is 302 g/mol. The minimum Gasteiger partial charge on any atom is -0.386 e.